The molecule has 4 nitrogen and oxygen atoms in total. The maximum absolute atomic E-state index is 12.2. The highest BCUT2D eigenvalue weighted by atomic mass is 79.9. The van der Waals surface area contributed by atoms with Crippen LogP contribution in [0.25, 0.3) is 0 Å². The van der Waals surface area contributed by atoms with Crippen LogP contribution >= 0.6 is 27.7 Å². The monoisotopic (exact) mass is 387 g/mol. The molecule has 0 bridgehead atoms. The number of ether oxygens (including phenoxy) is 1. The molecule has 2 atom stereocenters. The number of thioether (sulfide) groups is 1. The SMILES string of the molecule is Cc1ccc(SC(=O)[C@@H](Br)[C@H](C)NC(=O)OC(C)(C)C)cc1. The molecule has 0 aliphatic rings. The molecule has 0 aliphatic heterocycles. The van der Waals surface area contributed by atoms with Crippen molar-refractivity contribution in [2.45, 2.75) is 56.0 Å². The van der Waals surface area contributed by atoms with Gasteiger partial charge in [-0.2, -0.15) is 0 Å². The maximum Gasteiger partial charge on any atom is 0.407 e. The van der Waals surface area contributed by atoms with E-state index in [0.717, 1.165) is 22.2 Å². The van der Waals surface area contributed by atoms with E-state index < -0.39 is 16.5 Å². The second kappa shape index (κ2) is 8.02. The molecule has 1 aromatic carbocycles. The molecule has 1 rings (SSSR count). The predicted octanol–water partition coefficient (Wildman–Crippen LogP) is 4.29. The van der Waals surface area contributed by atoms with Gasteiger partial charge in [0, 0.05) is 10.9 Å². The van der Waals surface area contributed by atoms with Crippen LogP contribution < -0.4 is 5.32 Å². The van der Waals surface area contributed by atoms with Gasteiger partial charge in [-0.25, -0.2) is 4.79 Å². The van der Waals surface area contributed by atoms with Crippen molar-refractivity contribution in [1.82, 2.24) is 5.32 Å². The average molecular weight is 388 g/mol. The minimum atomic E-state index is -0.563. The molecule has 1 amide bonds. The Balaban J connectivity index is 2.54. The highest BCUT2D eigenvalue weighted by Crippen LogP contribution is 2.24. The Kier molecular flexibility index (Phi) is 6.94. The summed E-state index contributed by atoms with van der Waals surface area (Å²) in [6.07, 6.45) is -0.530. The van der Waals surface area contributed by atoms with E-state index in [1.807, 2.05) is 31.2 Å². The number of hydrogen-bond acceptors (Lipinski definition) is 4. The van der Waals surface area contributed by atoms with Crippen molar-refractivity contribution >= 4 is 38.9 Å². The van der Waals surface area contributed by atoms with E-state index in [9.17, 15) is 9.59 Å². The molecule has 0 unspecified atom stereocenters. The second-order valence-electron chi connectivity index (χ2n) is 6.07. The van der Waals surface area contributed by atoms with Crippen LogP contribution in [0.2, 0.25) is 0 Å². The fraction of sp³-hybridized carbons (Fsp3) is 0.500. The summed E-state index contributed by atoms with van der Waals surface area (Å²) in [5.74, 6) is 0. The summed E-state index contributed by atoms with van der Waals surface area (Å²) in [6.45, 7) is 9.14. The van der Waals surface area contributed by atoms with Gasteiger partial charge in [0.15, 0.2) is 0 Å². The maximum atomic E-state index is 12.2. The Morgan fingerprint density at radius 2 is 1.77 bits per heavy atom. The van der Waals surface area contributed by atoms with Crippen LogP contribution in [0.4, 0.5) is 4.79 Å². The number of carbonyl (C=O) groups excluding carboxylic acids is 2. The summed E-state index contributed by atoms with van der Waals surface area (Å²) in [6, 6.07) is 7.36. The molecule has 0 spiro atoms. The molecule has 0 radical (unpaired) electrons. The highest BCUT2D eigenvalue weighted by molar-refractivity contribution is 9.10. The van der Waals surface area contributed by atoms with Crippen molar-refractivity contribution in [2.24, 2.45) is 0 Å². The summed E-state index contributed by atoms with van der Waals surface area (Å²) >= 11 is 4.50. The first-order chi connectivity index (χ1) is 10.1. The molecule has 0 aliphatic carbocycles. The molecule has 1 N–H and O–H groups in total. The Hall–Kier alpha value is -1.01. The first-order valence-electron chi connectivity index (χ1n) is 7.00. The lowest BCUT2D eigenvalue weighted by Crippen LogP contribution is -2.43. The average Bonchev–Trinajstić information content (AvgIpc) is 2.38. The number of amides is 1. The fourth-order valence-corrected chi connectivity index (χ4v) is 2.78. The van der Waals surface area contributed by atoms with Gasteiger partial charge in [0.05, 0.1) is 0 Å². The van der Waals surface area contributed by atoms with E-state index in [-0.39, 0.29) is 11.2 Å². The molecule has 0 aromatic heterocycles. The molecule has 1 aromatic rings. The Morgan fingerprint density at radius 1 is 1.23 bits per heavy atom. The summed E-state index contributed by atoms with van der Waals surface area (Å²) in [5.41, 5.74) is 0.582. The molecule has 122 valence electrons. The summed E-state index contributed by atoms with van der Waals surface area (Å²) in [4.78, 5) is 24.3. The van der Waals surface area contributed by atoms with Gasteiger partial charge in [0.25, 0.3) is 0 Å². The quantitative estimate of drug-likeness (QED) is 0.618. The highest BCUT2D eigenvalue weighted by Gasteiger charge is 2.26. The van der Waals surface area contributed by atoms with E-state index in [1.54, 1.807) is 27.7 Å². The number of benzene rings is 1. The number of alkyl carbamates (subject to hydrolysis) is 1. The molecule has 6 heteroatoms. The number of alkyl halides is 1. The van der Waals surface area contributed by atoms with Crippen LogP contribution in [0.1, 0.15) is 33.3 Å². The predicted molar refractivity (Wildman–Crippen MR) is 93.6 cm³/mol. The van der Waals surface area contributed by atoms with Crippen LogP contribution in [-0.2, 0) is 9.53 Å². The third-order valence-corrected chi connectivity index (χ3v) is 5.12. The van der Waals surface area contributed by atoms with E-state index >= 15 is 0 Å². The van der Waals surface area contributed by atoms with Gasteiger partial charge in [0.2, 0.25) is 5.12 Å². The van der Waals surface area contributed by atoms with Crippen LogP contribution in [-0.4, -0.2) is 27.7 Å². The number of rotatable bonds is 4. The zero-order valence-electron chi connectivity index (χ0n) is 13.5. The smallest absolute Gasteiger partial charge is 0.407 e. The zero-order valence-corrected chi connectivity index (χ0v) is 15.9. The van der Waals surface area contributed by atoms with Crippen molar-refractivity contribution in [3.05, 3.63) is 29.8 Å². The van der Waals surface area contributed by atoms with E-state index in [1.165, 1.54) is 0 Å². The van der Waals surface area contributed by atoms with Gasteiger partial charge in [-0.1, -0.05) is 45.4 Å². The van der Waals surface area contributed by atoms with Crippen molar-refractivity contribution < 1.29 is 14.3 Å². The Labute approximate surface area is 144 Å². The fourth-order valence-electron chi connectivity index (χ4n) is 1.55. The molecule has 0 fully saturated rings. The van der Waals surface area contributed by atoms with E-state index in [2.05, 4.69) is 21.2 Å². The van der Waals surface area contributed by atoms with Crippen molar-refractivity contribution in [1.29, 1.82) is 0 Å². The standard InChI is InChI=1S/C16H22BrNO3S/c1-10-6-8-12(9-7-10)22-14(19)13(17)11(2)18-15(20)21-16(3,4)5/h6-9,11,13H,1-5H3,(H,18,20)/t11-,13-/m0/s1. The zero-order chi connectivity index (χ0) is 16.9. The van der Waals surface area contributed by atoms with Gasteiger partial charge in [-0.05, 0) is 46.8 Å². The molecular weight excluding hydrogens is 366 g/mol. The van der Waals surface area contributed by atoms with Gasteiger partial charge in [-0.3, -0.25) is 4.79 Å². The Morgan fingerprint density at radius 3 is 2.27 bits per heavy atom. The van der Waals surface area contributed by atoms with Crippen molar-refractivity contribution in [3.8, 4) is 0 Å². The third kappa shape index (κ3) is 6.83. The number of halogens is 1. The van der Waals surface area contributed by atoms with Gasteiger partial charge in [-0.15, -0.1) is 0 Å². The van der Waals surface area contributed by atoms with Crippen molar-refractivity contribution in [2.75, 3.05) is 0 Å². The minimum absolute atomic E-state index is 0.0626. The largest absolute Gasteiger partial charge is 0.444 e. The van der Waals surface area contributed by atoms with Crippen LogP contribution in [0.15, 0.2) is 29.2 Å². The van der Waals surface area contributed by atoms with Gasteiger partial charge < -0.3 is 10.1 Å². The normalized spacial score (nSPS) is 14.1. The van der Waals surface area contributed by atoms with E-state index in [0.29, 0.717) is 0 Å². The number of nitrogens with one attached hydrogen (secondary N) is 1. The third-order valence-electron chi connectivity index (χ3n) is 2.65. The second-order valence-corrected chi connectivity index (χ2v) is 8.14. The lowest BCUT2D eigenvalue weighted by atomic mass is 10.2. The number of carbonyl (C=O) groups is 2. The van der Waals surface area contributed by atoms with Gasteiger partial charge >= 0.3 is 6.09 Å². The van der Waals surface area contributed by atoms with Crippen LogP contribution in [0.3, 0.4) is 0 Å². The van der Waals surface area contributed by atoms with Gasteiger partial charge in [0.1, 0.15) is 10.4 Å². The number of hydrogen-bond donors (Lipinski definition) is 1. The lowest BCUT2D eigenvalue weighted by molar-refractivity contribution is -0.110. The molecule has 0 saturated heterocycles. The lowest BCUT2D eigenvalue weighted by Gasteiger charge is -2.23. The molecule has 0 heterocycles. The molecule has 0 saturated carbocycles. The summed E-state index contributed by atoms with van der Waals surface area (Å²) in [7, 11) is 0. The van der Waals surface area contributed by atoms with E-state index in [4.69, 9.17) is 4.74 Å². The van der Waals surface area contributed by atoms with Crippen molar-refractivity contribution in [3.63, 3.8) is 0 Å². The number of aryl methyl sites for hydroxylation is 1. The minimum Gasteiger partial charge on any atom is -0.444 e. The first kappa shape index (κ1) is 19.0. The first-order valence-corrected chi connectivity index (χ1v) is 8.73. The summed E-state index contributed by atoms with van der Waals surface area (Å²) < 4.78 is 5.18. The van der Waals surface area contributed by atoms with Crippen LogP contribution in [0, 0.1) is 6.92 Å². The van der Waals surface area contributed by atoms with Crippen LogP contribution in [0.5, 0.6) is 0 Å². The molecule has 22 heavy (non-hydrogen) atoms. The molecular formula is C16H22BrNO3S. The topological polar surface area (TPSA) is 55.4 Å². The Bertz CT molecular complexity index is 525. The summed E-state index contributed by atoms with van der Waals surface area (Å²) in [5, 5.41) is 2.61.